The van der Waals surface area contributed by atoms with Crippen LogP contribution in [0.4, 0.5) is 0 Å². The Morgan fingerprint density at radius 2 is 1.82 bits per heavy atom. The summed E-state index contributed by atoms with van der Waals surface area (Å²) in [5.41, 5.74) is -5.63. The van der Waals surface area contributed by atoms with E-state index in [1.54, 1.807) is 26.0 Å². The Kier molecular flexibility index (Phi) is 4.99. The first-order chi connectivity index (χ1) is 18.4. The van der Waals surface area contributed by atoms with Crippen molar-refractivity contribution in [3.8, 4) is 0 Å². The molecular weight excluding hydrogens is 508 g/mol. The molecule has 6 aliphatic rings. The van der Waals surface area contributed by atoms with Gasteiger partial charge in [0.1, 0.15) is 30.0 Å². The minimum absolute atomic E-state index is 0.200. The molecule has 0 amide bonds. The van der Waals surface area contributed by atoms with Crippen LogP contribution in [0.3, 0.4) is 0 Å². The number of aliphatic hydroxyl groups excluding tert-OH is 2. The number of epoxide rings is 1. The lowest BCUT2D eigenvalue weighted by Crippen LogP contribution is -2.76. The molecule has 0 aromatic heterocycles. The molecule has 3 aliphatic heterocycles. The number of rotatable bonds is 4. The van der Waals surface area contributed by atoms with Gasteiger partial charge in [-0.15, -0.1) is 0 Å². The van der Waals surface area contributed by atoms with E-state index in [-0.39, 0.29) is 6.42 Å². The second kappa shape index (κ2) is 7.55. The number of hydrogen-bond donors (Lipinski definition) is 3. The van der Waals surface area contributed by atoms with Crippen LogP contribution in [-0.4, -0.2) is 80.5 Å². The van der Waals surface area contributed by atoms with Crippen molar-refractivity contribution in [2.75, 3.05) is 6.61 Å². The van der Waals surface area contributed by atoms with Gasteiger partial charge in [0.2, 0.25) is 0 Å². The highest BCUT2D eigenvalue weighted by Gasteiger charge is 2.91. The van der Waals surface area contributed by atoms with Gasteiger partial charge in [0, 0.05) is 36.2 Å². The third kappa shape index (κ3) is 2.63. The Bertz CT molecular complexity index is 1280. The topological polar surface area (TPSA) is 144 Å². The highest BCUT2D eigenvalue weighted by molar-refractivity contribution is 5.93. The smallest absolute Gasteiger partial charge is 0.314 e. The molecule has 39 heavy (non-hydrogen) atoms. The first kappa shape index (κ1) is 25.8. The number of ether oxygens (including phenoxy) is 5. The molecule has 210 valence electrons. The molecule has 3 saturated heterocycles. The molecular formula is C29H34O10. The number of Topliss-reactive ketones (excluding diaryl/α,β-unsaturated/α-hetero) is 1. The zero-order valence-corrected chi connectivity index (χ0v) is 22.3. The predicted molar refractivity (Wildman–Crippen MR) is 132 cm³/mol. The summed E-state index contributed by atoms with van der Waals surface area (Å²) in [6.45, 7) is 10.2. The van der Waals surface area contributed by atoms with Crippen LogP contribution in [-0.2, 0) is 39.2 Å². The molecule has 13 atom stereocenters. The SMILES string of the molecule is C=C(C)[C@@]12O[C@@]3(c4ccccc4)O[C@@H]1[C@@H]1[C@@H]4O[C@]4(CO)[C@@H](O)[C@]4(O)C(=O)[C@H](C)C[C@H]4[C@@]1(O3)[C@H](C)[C@@H]2OC(C)=O. The zero-order valence-electron chi connectivity index (χ0n) is 22.3. The van der Waals surface area contributed by atoms with Gasteiger partial charge in [-0.05, 0) is 18.9 Å². The maximum Gasteiger partial charge on any atom is 0.314 e. The van der Waals surface area contributed by atoms with Gasteiger partial charge >= 0.3 is 11.9 Å². The van der Waals surface area contributed by atoms with E-state index in [1.807, 2.05) is 25.1 Å². The number of carbonyl (C=O) groups excluding carboxylic acids is 2. The molecule has 3 aliphatic carbocycles. The maximum absolute atomic E-state index is 13.7. The summed E-state index contributed by atoms with van der Waals surface area (Å²) in [7, 11) is 0. The molecule has 3 bridgehead atoms. The molecule has 3 heterocycles. The number of carbonyl (C=O) groups is 2. The molecule has 1 aromatic rings. The van der Waals surface area contributed by atoms with Crippen LogP contribution >= 0.6 is 0 Å². The van der Waals surface area contributed by atoms with E-state index in [4.69, 9.17) is 23.7 Å². The standard InChI is InChI=1S/C29H34O10/c1-13(2)27-21(35-16(5)31)15(4)28-18-11-14(3)20(32)26(18,34)24(33)25(12-30)22(36-25)19(28)23(27)37-29(38-27,39-28)17-9-7-6-8-10-17/h6-10,14-15,18-19,21-24,30,33-34H,1,11-12H2,2-5H3/t14-,15-,18-,19+,21+,22+,23-,24-,25+,26-,27+,28+,29-/m1/s1. The lowest BCUT2D eigenvalue weighted by atomic mass is 9.52. The van der Waals surface area contributed by atoms with Crippen LogP contribution in [0, 0.1) is 23.7 Å². The van der Waals surface area contributed by atoms with E-state index in [2.05, 4.69) is 6.58 Å². The van der Waals surface area contributed by atoms with E-state index in [0.29, 0.717) is 11.1 Å². The van der Waals surface area contributed by atoms with Crippen molar-refractivity contribution in [2.24, 2.45) is 23.7 Å². The summed E-state index contributed by atoms with van der Waals surface area (Å²) >= 11 is 0. The largest absolute Gasteiger partial charge is 0.459 e. The van der Waals surface area contributed by atoms with E-state index in [1.165, 1.54) is 6.92 Å². The second-order valence-corrected chi connectivity index (χ2v) is 12.4. The first-order valence-corrected chi connectivity index (χ1v) is 13.6. The van der Waals surface area contributed by atoms with Crippen molar-refractivity contribution in [2.45, 2.75) is 86.9 Å². The maximum atomic E-state index is 13.7. The summed E-state index contributed by atoms with van der Waals surface area (Å²) in [6, 6.07) is 9.06. The summed E-state index contributed by atoms with van der Waals surface area (Å²) in [6.07, 6.45) is -4.18. The molecule has 0 radical (unpaired) electrons. The minimum atomic E-state index is -2.29. The van der Waals surface area contributed by atoms with Crippen LogP contribution in [0.5, 0.6) is 0 Å². The summed E-state index contributed by atoms with van der Waals surface area (Å²) in [5.74, 6) is -5.81. The molecule has 3 N–H and O–H groups in total. The Labute approximate surface area is 225 Å². The van der Waals surface area contributed by atoms with E-state index in [0.717, 1.165) is 0 Å². The highest BCUT2D eigenvalue weighted by atomic mass is 16.9. The fraction of sp³-hybridized carbons (Fsp3) is 0.655. The highest BCUT2D eigenvalue weighted by Crippen LogP contribution is 2.74. The van der Waals surface area contributed by atoms with Gasteiger partial charge in [-0.2, -0.15) is 0 Å². The number of hydrogen-bond acceptors (Lipinski definition) is 10. The molecule has 1 aromatic carbocycles. The van der Waals surface area contributed by atoms with Gasteiger partial charge in [0.25, 0.3) is 0 Å². The first-order valence-electron chi connectivity index (χ1n) is 13.6. The Morgan fingerprint density at radius 1 is 1.13 bits per heavy atom. The number of fused-ring (bicyclic) bond motifs is 3. The Hall–Kier alpha value is -2.18. The lowest BCUT2D eigenvalue weighted by molar-refractivity contribution is -0.443. The van der Waals surface area contributed by atoms with Gasteiger partial charge in [0.05, 0.1) is 12.2 Å². The summed E-state index contributed by atoms with van der Waals surface area (Å²) < 4.78 is 32.7. The molecule has 10 heteroatoms. The Morgan fingerprint density at radius 3 is 2.44 bits per heavy atom. The van der Waals surface area contributed by atoms with Crippen molar-refractivity contribution in [3.63, 3.8) is 0 Å². The van der Waals surface area contributed by atoms with Gasteiger partial charge in [-0.1, -0.05) is 50.8 Å². The molecule has 10 nitrogen and oxygen atoms in total. The fourth-order valence-electron chi connectivity index (χ4n) is 8.94. The number of esters is 1. The van der Waals surface area contributed by atoms with Crippen LogP contribution in [0.15, 0.2) is 42.5 Å². The van der Waals surface area contributed by atoms with Crippen molar-refractivity contribution >= 4 is 11.8 Å². The van der Waals surface area contributed by atoms with Crippen molar-refractivity contribution in [3.05, 3.63) is 48.0 Å². The zero-order chi connectivity index (χ0) is 27.9. The predicted octanol–water partition coefficient (Wildman–Crippen LogP) is 0.954. The minimum Gasteiger partial charge on any atom is -0.459 e. The van der Waals surface area contributed by atoms with Crippen molar-refractivity contribution < 1.29 is 48.6 Å². The van der Waals surface area contributed by atoms with E-state index < -0.39 is 94.8 Å². The molecule has 0 unspecified atom stereocenters. The molecule has 6 fully saturated rings. The van der Waals surface area contributed by atoms with Crippen LogP contribution in [0.1, 0.15) is 39.7 Å². The van der Waals surface area contributed by atoms with Gasteiger partial charge in [0.15, 0.2) is 17.0 Å². The average molecular weight is 543 g/mol. The molecule has 0 spiro atoms. The Balaban J connectivity index is 1.55. The van der Waals surface area contributed by atoms with E-state index in [9.17, 15) is 24.9 Å². The third-order valence-electron chi connectivity index (χ3n) is 10.6. The van der Waals surface area contributed by atoms with Crippen molar-refractivity contribution in [1.82, 2.24) is 0 Å². The second-order valence-electron chi connectivity index (χ2n) is 12.4. The number of benzene rings is 1. The number of ketones is 1. The van der Waals surface area contributed by atoms with Gasteiger partial charge in [-0.25, -0.2) is 0 Å². The quantitative estimate of drug-likeness (QED) is 0.286. The van der Waals surface area contributed by atoms with Gasteiger partial charge in [-0.3, -0.25) is 9.59 Å². The van der Waals surface area contributed by atoms with Crippen molar-refractivity contribution in [1.29, 1.82) is 0 Å². The average Bonchev–Trinajstić information content (AvgIpc) is 3.53. The third-order valence-corrected chi connectivity index (χ3v) is 10.6. The van der Waals surface area contributed by atoms with Crippen LogP contribution in [0.25, 0.3) is 0 Å². The summed E-state index contributed by atoms with van der Waals surface area (Å²) in [4.78, 5) is 26.2. The number of aliphatic hydroxyl groups is 3. The molecule has 3 saturated carbocycles. The molecule has 7 rings (SSSR count). The lowest BCUT2D eigenvalue weighted by Gasteiger charge is -2.61. The van der Waals surface area contributed by atoms with Gasteiger partial charge < -0.3 is 39.0 Å². The monoisotopic (exact) mass is 542 g/mol. The summed E-state index contributed by atoms with van der Waals surface area (Å²) in [5, 5.41) is 34.5. The van der Waals surface area contributed by atoms with Crippen LogP contribution < -0.4 is 0 Å². The van der Waals surface area contributed by atoms with E-state index >= 15 is 0 Å². The normalized spacial score (nSPS) is 54.4. The van der Waals surface area contributed by atoms with Crippen LogP contribution in [0.2, 0.25) is 0 Å². The fourth-order valence-corrected chi connectivity index (χ4v) is 8.94.